The van der Waals surface area contributed by atoms with E-state index in [9.17, 15) is 13.2 Å². The second kappa shape index (κ2) is 9.24. The number of carbonyl (C=O) groups excluding carboxylic acids is 1. The zero-order chi connectivity index (χ0) is 24.4. The first-order valence-corrected chi connectivity index (χ1v) is 12.5. The SMILES string of the molecule is CS(=O)(=O)Nc1cncc(-c2cccc(C(=O)Nc3cn(C4COC4)nc3-c3ccccn3)n2)c1. The van der Waals surface area contributed by atoms with Gasteiger partial charge in [0.1, 0.15) is 11.4 Å². The van der Waals surface area contributed by atoms with Crippen LogP contribution in [0.4, 0.5) is 11.4 Å². The average molecular weight is 492 g/mol. The van der Waals surface area contributed by atoms with Gasteiger partial charge >= 0.3 is 0 Å². The summed E-state index contributed by atoms with van der Waals surface area (Å²) in [5, 5.41) is 7.52. The van der Waals surface area contributed by atoms with E-state index in [1.807, 2.05) is 18.2 Å². The van der Waals surface area contributed by atoms with E-state index in [2.05, 4.69) is 30.1 Å². The molecule has 0 unspecified atom stereocenters. The number of rotatable bonds is 7. The molecule has 1 fully saturated rings. The van der Waals surface area contributed by atoms with Crippen LogP contribution in [0, 0.1) is 0 Å². The second-order valence-corrected chi connectivity index (χ2v) is 9.72. The lowest BCUT2D eigenvalue weighted by Gasteiger charge is -2.25. The lowest BCUT2D eigenvalue weighted by atomic mass is 10.1. The standard InChI is InChI=1S/C23H21N7O4S/c1-35(32,33)29-16-9-15(10-24-11-16)18-6-4-7-20(26-18)23(31)27-21-12-30(17-13-34-14-17)28-22(21)19-5-2-3-8-25-19/h2-12,17,29H,13-14H2,1H3,(H,27,31). The van der Waals surface area contributed by atoms with E-state index in [0.29, 0.717) is 47.2 Å². The molecule has 0 bridgehead atoms. The molecule has 0 aromatic carbocycles. The number of nitrogens with one attached hydrogen (secondary N) is 2. The highest BCUT2D eigenvalue weighted by atomic mass is 32.2. The van der Waals surface area contributed by atoms with Gasteiger partial charge < -0.3 is 10.1 Å². The Morgan fingerprint density at radius 3 is 2.66 bits per heavy atom. The van der Waals surface area contributed by atoms with Crippen LogP contribution in [-0.4, -0.2) is 58.5 Å². The van der Waals surface area contributed by atoms with Gasteiger partial charge in [0, 0.05) is 24.2 Å². The predicted octanol–water partition coefficient (Wildman–Crippen LogP) is 2.60. The number of hydrogen-bond donors (Lipinski definition) is 2. The minimum Gasteiger partial charge on any atom is -0.377 e. The quantitative estimate of drug-likeness (QED) is 0.402. The fourth-order valence-electron chi connectivity index (χ4n) is 3.50. The third-order valence-corrected chi connectivity index (χ3v) is 5.81. The van der Waals surface area contributed by atoms with E-state index in [0.717, 1.165) is 6.26 Å². The maximum Gasteiger partial charge on any atom is 0.274 e. The van der Waals surface area contributed by atoms with Crippen LogP contribution in [0.15, 0.2) is 67.3 Å². The molecule has 35 heavy (non-hydrogen) atoms. The van der Waals surface area contributed by atoms with Crippen LogP contribution in [0.3, 0.4) is 0 Å². The molecule has 2 N–H and O–H groups in total. The first-order valence-electron chi connectivity index (χ1n) is 10.7. The van der Waals surface area contributed by atoms with Crippen molar-refractivity contribution < 1.29 is 17.9 Å². The van der Waals surface area contributed by atoms with Crippen molar-refractivity contribution in [2.24, 2.45) is 0 Å². The van der Waals surface area contributed by atoms with E-state index < -0.39 is 15.9 Å². The van der Waals surface area contributed by atoms with Crippen LogP contribution < -0.4 is 10.0 Å². The maximum absolute atomic E-state index is 13.1. The molecule has 0 atom stereocenters. The Bertz CT molecular complexity index is 1480. The number of hydrogen-bond acceptors (Lipinski definition) is 8. The van der Waals surface area contributed by atoms with Crippen molar-refractivity contribution >= 4 is 27.3 Å². The molecule has 12 heteroatoms. The zero-order valence-corrected chi connectivity index (χ0v) is 19.4. The number of ether oxygens (including phenoxy) is 1. The third kappa shape index (κ3) is 5.18. The number of anilines is 2. The highest BCUT2D eigenvalue weighted by molar-refractivity contribution is 7.92. The van der Waals surface area contributed by atoms with Crippen LogP contribution in [0.2, 0.25) is 0 Å². The summed E-state index contributed by atoms with van der Waals surface area (Å²) in [6.07, 6.45) is 7.43. The Morgan fingerprint density at radius 1 is 1.11 bits per heavy atom. The van der Waals surface area contributed by atoms with Gasteiger partial charge in [-0.15, -0.1) is 0 Å². The number of pyridine rings is 3. The normalized spacial score (nSPS) is 13.7. The third-order valence-electron chi connectivity index (χ3n) is 5.20. The summed E-state index contributed by atoms with van der Waals surface area (Å²) in [6.45, 7) is 1.11. The summed E-state index contributed by atoms with van der Waals surface area (Å²) in [7, 11) is -3.46. The molecule has 4 aromatic rings. The smallest absolute Gasteiger partial charge is 0.274 e. The summed E-state index contributed by atoms with van der Waals surface area (Å²) in [5.41, 5.74) is 3.18. The van der Waals surface area contributed by atoms with Gasteiger partial charge in [-0.2, -0.15) is 5.10 Å². The van der Waals surface area contributed by atoms with Gasteiger partial charge in [0.05, 0.1) is 54.5 Å². The summed E-state index contributed by atoms with van der Waals surface area (Å²) in [6, 6.07) is 12.2. The maximum atomic E-state index is 13.1. The molecule has 0 saturated carbocycles. The van der Waals surface area contributed by atoms with Crippen LogP contribution >= 0.6 is 0 Å². The summed E-state index contributed by atoms with van der Waals surface area (Å²) >= 11 is 0. The van der Waals surface area contributed by atoms with E-state index in [-0.39, 0.29) is 11.7 Å². The van der Waals surface area contributed by atoms with Gasteiger partial charge in [0.15, 0.2) is 0 Å². The average Bonchev–Trinajstić information content (AvgIpc) is 3.20. The first-order chi connectivity index (χ1) is 16.9. The van der Waals surface area contributed by atoms with E-state index in [1.54, 1.807) is 47.5 Å². The Kier molecular flexibility index (Phi) is 5.97. The van der Waals surface area contributed by atoms with Crippen molar-refractivity contribution in [2.75, 3.05) is 29.5 Å². The molecular weight excluding hydrogens is 470 g/mol. The number of amides is 1. The minimum absolute atomic E-state index is 0.102. The highest BCUT2D eigenvalue weighted by Gasteiger charge is 2.25. The van der Waals surface area contributed by atoms with Crippen molar-refractivity contribution in [1.82, 2.24) is 24.7 Å². The molecule has 4 aromatic heterocycles. The Balaban J connectivity index is 1.42. The Hall–Kier alpha value is -4.16. The van der Waals surface area contributed by atoms with Gasteiger partial charge in [-0.25, -0.2) is 13.4 Å². The predicted molar refractivity (Wildman–Crippen MR) is 129 cm³/mol. The summed E-state index contributed by atoms with van der Waals surface area (Å²) in [5.74, 6) is -0.424. The largest absolute Gasteiger partial charge is 0.377 e. The molecule has 5 heterocycles. The molecule has 11 nitrogen and oxygen atoms in total. The minimum atomic E-state index is -3.46. The Labute approximate surface area is 201 Å². The number of aromatic nitrogens is 5. The van der Waals surface area contributed by atoms with Crippen molar-refractivity contribution in [2.45, 2.75) is 6.04 Å². The molecule has 0 radical (unpaired) electrons. The van der Waals surface area contributed by atoms with Gasteiger partial charge in [-0.05, 0) is 30.3 Å². The first kappa shape index (κ1) is 22.6. The molecule has 0 spiro atoms. The summed E-state index contributed by atoms with van der Waals surface area (Å²) < 4.78 is 32.5. The van der Waals surface area contributed by atoms with Crippen LogP contribution in [0.25, 0.3) is 22.6 Å². The molecule has 1 amide bonds. The van der Waals surface area contributed by atoms with E-state index in [4.69, 9.17) is 4.74 Å². The van der Waals surface area contributed by atoms with Crippen LogP contribution in [0.5, 0.6) is 0 Å². The van der Waals surface area contributed by atoms with Crippen LogP contribution in [-0.2, 0) is 14.8 Å². The molecule has 5 rings (SSSR count). The zero-order valence-electron chi connectivity index (χ0n) is 18.6. The van der Waals surface area contributed by atoms with Gasteiger partial charge in [0.25, 0.3) is 5.91 Å². The fraction of sp³-hybridized carbons (Fsp3) is 0.174. The van der Waals surface area contributed by atoms with Crippen LogP contribution in [0.1, 0.15) is 16.5 Å². The number of sulfonamides is 1. The number of carbonyl (C=O) groups is 1. The molecular formula is C23H21N7O4S. The van der Waals surface area contributed by atoms with E-state index in [1.165, 1.54) is 6.20 Å². The molecule has 0 aliphatic carbocycles. The topological polar surface area (TPSA) is 141 Å². The fourth-order valence-corrected chi connectivity index (χ4v) is 4.04. The van der Waals surface area contributed by atoms with Gasteiger partial charge in [0.2, 0.25) is 10.0 Å². The molecule has 1 saturated heterocycles. The molecule has 1 aliphatic rings. The number of nitrogens with zero attached hydrogens (tertiary/aromatic N) is 5. The van der Waals surface area contributed by atoms with Crippen molar-refractivity contribution in [3.8, 4) is 22.6 Å². The van der Waals surface area contributed by atoms with Gasteiger partial charge in [-0.1, -0.05) is 12.1 Å². The highest BCUT2D eigenvalue weighted by Crippen LogP contribution is 2.29. The van der Waals surface area contributed by atoms with Crippen molar-refractivity contribution in [3.63, 3.8) is 0 Å². The molecule has 178 valence electrons. The second-order valence-electron chi connectivity index (χ2n) is 7.98. The monoisotopic (exact) mass is 491 g/mol. The van der Waals surface area contributed by atoms with Crippen molar-refractivity contribution in [1.29, 1.82) is 0 Å². The lowest BCUT2D eigenvalue weighted by molar-refractivity contribution is -0.0285. The van der Waals surface area contributed by atoms with E-state index >= 15 is 0 Å². The Morgan fingerprint density at radius 2 is 1.94 bits per heavy atom. The van der Waals surface area contributed by atoms with Gasteiger partial charge in [-0.3, -0.25) is 24.2 Å². The lowest BCUT2D eigenvalue weighted by Crippen LogP contribution is -2.30. The summed E-state index contributed by atoms with van der Waals surface area (Å²) in [4.78, 5) is 26.0. The molecule has 1 aliphatic heterocycles. The van der Waals surface area contributed by atoms with Crippen molar-refractivity contribution in [3.05, 3.63) is 72.9 Å².